The minimum atomic E-state index is -3.15. The number of amides is 1. The van der Waals surface area contributed by atoms with Gasteiger partial charge in [0, 0.05) is 25.2 Å². The first-order valence-corrected chi connectivity index (χ1v) is 9.38. The van der Waals surface area contributed by atoms with Crippen LogP contribution in [-0.4, -0.2) is 61.3 Å². The van der Waals surface area contributed by atoms with Crippen LogP contribution < -0.4 is 0 Å². The van der Waals surface area contributed by atoms with Crippen LogP contribution in [0.1, 0.15) is 16.8 Å². The van der Waals surface area contributed by atoms with E-state index in [1.54, 1.807) is 0 Å². The standard InChI is InChI=1S/C14H15ClN2O7S/c1-16(10-4-5-25(22,23)8-10)13(18)7-24-14(19)11-6-9(17(20)21)2-3-12(11)15/h2-3,6,10H,4-5,7-8H2,1H3/t10-/m1/s1. The number of carbonyl (C=O) groups is 2. The quantitative estimate of drug-likeness (QED) is 0.418. The van der Waals surface area contributed by atoms with Crippen LogP contribution in [0.4, 0.5) is 5.69 Å². The predicted molar refractivity (Wildman–Crippen MR) is 88.2 cm³/mol. The molecule has 1 amide bonds. The first-order chi connectivity index (χ1) is 11.6. The number of non-ortho nitro benzene ring substituents is 1. The Morgan fingerprint density at radius 1 is 1.44 bits per heavy atom. The number of sulfone groups is 1. The zero-order valence-electron chi connectivity index (χ0n) is 13.2. The third kappa shape index (κ3) is 4.67. The van der Waals surface area contributed by atoms with Gasteiger partial charge in [0.15, 0.2) is 16.4 Å². The molecule has 0 radical (unpaired) electrons. The van der Waals surface area contributed by atoms with Gasteiger partial charge in [0.25, 0.3) is 11.6 Å². The lowest BCUT2D eigenvalue weighted by Gasteiger charge is -2.23. The van der Waals surface area contributed by atoms with E-state index in [2.05, 4.69) is 0 Å². The van der Waals surface area contributed by atoms with Crippen molar-refractivity contribution >= 4 is 39.0 Å². The number of benzene rings is 1. The van der Waals surface area contributed by atoms with E-state index in [1.165, 1.54) is 18.0 Å². The predicted octanol–water partition coefficient (Wildman–Crippen LogP) is 1.05. The molecule has 0 spiro atoms. The molecular weight excluding hydrogens is 376 g/mol. The molecule has 0 aromatic heterocycles. The van der Waals surface area contributed by atoms with Crippen molar-refractivity contribution in [1.82, 2.24) is 4.90 Å². The molecule has 0 unspecified atom stereocenters. The van der Waals surface area contributed by atoms with Crippen molar-refractivity contribution < 1.29 is 27.7 Å². The van der Waals surface area contributed by atoms with Crippen molar-refractivity contribution in [3.63, 3.8) is 0 Å². The maximum absolute atomic E-state index is 12.0. The Balaban J connectivity index is 1.99. The lowest BCUT2D eigenvalue weighted by Crippen LogP contribution is -2.40. The zero-order valence-corrected chi connectivity index (χ0v) is 14.7. The molecule has 9 nitrogen and oxygen atoms in total. The summed E-state index contributed by atoms with van der Waals surface area (Å²) in [5, 5.41) is 10.7. The number of nitro groups is 1. The molecule has 0 saturated carbocycles. The molecule has 1 saturated heterocycles. The van der Waals surface area contributed by atoms with Crippen molar-refractivity contribution in [3.8, 4) is 0 Å². The van der Waals surface area contributed by atoms with E-state index in [0.29, 0.717) is 6.42 Å². The van der Waals surface area contributed by atoms with Gasteiger partial charge in [-0.3, -0.25) is 14.9 Å². The van der Waals surface area contributed by atoms with E-state index >= 15 is 0 Å². The summed E-state index contributed by atoms with van der Waals surface area (Å²) in [6, 6.07) is 2.83. The first kappa shape index (κ1) is 19.1. The van der Waals surface area contributed by atoms with Gasteiger partial charge in [-0.05, 0) is 12.5 Å². The fourth-order valence-corrected chi connectivity index (χ4v) is 4.34. The number of carbonyl (C=O) groups excluding carboxylic acids is 2. The fourth-order valence-electron chi connectivity index (χ4n) is 2.37. The van der Waals surface area contributed by atoms with E-state index in [0.717, 1.165) is 12.1 Å². The molecule has 11 heteroatoms. The second-order valence-electron chi connectivity index (χ2n) is 5.56. The van der Waals surface area contributed by atoms with Gasteiger partial charge < -0.3 is 9.64 Å². The average Bonchev–Trinajstić information content (AvgIpc) is 2.91. The molecule has 25 heavy (non-hydrogen) atoms. The van der Waals surface area contributed by atoms with Crippen LogP contribution in [0.3, 0.4) is 0 Å². The summed E-state index contributed by atoms with van der Waals surface area (Å²) < 4.78 is 27.8. The Labute approximate surface area is 148 Å². The monoisotopic (exact) mass is 390 g/mol. The van der Waals surface area contributed by atoms with Gasteiger partial charge in [-0.2, -0.15) is 0 Å². The number of hydrogen-bond donors (Lipinski definition) is 0. The normalized spacial score (nSPS) is 18.6. The fraction of sp³-hybridized carbons (Fsp3) is 0.429. The van der Waals surface area contributed by atoms with Crippen LogP contribution in [0, 0.1) is 10.1 Å². The lowest BCUT2D eigenvalue weighted by atomic mass is 10.2. The van der Waals surface area contributed by atoms with E-state index in [9.17, 15) is 28.1 Å². The molecule has 0 aliphatic carbocycles. The first-order valence-electron chi connectivity index (χ1n) is 7.18. The lowest BCUT2D eigenvalue weighted by molar-refractivity contribution is -0.384. The smallest absolute Gasteiger partial charge is 0.340 e. The molecule has 1 aliphatic rings. The summed E-state index contributed by atoms with van der Waals surface area (Å²) in [4.78, 5) is 35.3. The van der Waals surface area contributed by atoms with Gasteiger partial charge in [0.1, 0.15) is 0 Å². The third-order valence-electron chi connectivity index (χ3n) is 3.86. The Bertz CT molecular complexity index is 824. The van der Waals surface area contributed by atoms with Crippen molar-refractivity contribution in [1.29, 1.82) is 0 Å². The molecule has 0 bridgehead atoms. The van der Waals surface area contributed by atoms with Crippen molar-refractivity contribution in [3.05, 3.63) is 38.9 Å². The summed E-state index contributed by atoms with van der Waals surface area (Å²) in [6.45, 7) is -0.620. The molecule has 1 aromatic carbocycles. The molecule has 136 valence electrons. The van der Waals surface area contributed by atoms with Crippen LogP contribution >= 0.6 is 11.6 Å². The van der Waals surface area contributed by atoms with Gasteiger partial charge in [0.2, 0.25) is 0 Å². The maximum Gasteiger partial charge on any atom is 0.340 e. The van der Waals surface area contributed by atoms with E-state index < -0.39 is 39.3 Å². The maximum atomic E-state index is 12.0. The SMILES string of the molecule is CN(C(=O)COC(=O)c1cc([N+](=O)[O-])ccc1Cl)[C@@H]1CCS(=O)(=O)C1. The Hall–Kier alpha value is -2.20. The number of hydrogen-bond acceptors (Lipinski definition) is 7. The number of halogens is 1. The second-order valence-corrected chi connectivity index (χ2v) is 8.19. The van der Waals surface area contributed by atoms with Gasteiger partial charge in [-0.25, -0.2) is 13.2 Å². The highest BCUT2D eigenvalue weighted by atomic mass is 35.5. The highest BCUT2D eigenvalue weighted by Gasteiger charge is 2.33. The number of likely N-dealkylation sites (N-methyl/N-ethyl adjacent to an activating group) is 1. The summed E-state index contributed by atoms with van der Waals surface area (Å²) in [5.74, 6) is -1.66. The van der Waals surface area contributed by atoms with Gasteiger partial charge in [-0.15, -0.1) is 0 Å². The summed E-state index contributed by atoms with van der Waals surface area (Å²) in [5.41, 5.74) is -0.564. The minimum absolute atomic E-state index is 0.0123. The number of nitrogens with zero attached hydrogens (tertiary/aromatic N) is 2. The Morgan fingerprint density at radius 3 is 2.68 bits per heavy atom. The van der Waals surface area contributed by atoms with Crippen molar-refractivity contribution in [2.45, 2.75) is 12.5 Å². The zero-order chi connectivity index (χ0) is 18.8. The van der Waals surface area contributed by atoms with Gasteiger partial charge in [-0.1, -0.05) is 11.6 Å². The average molecular weight is 391 g/mol. The Kier molecular flexibility index (Phi) is 5.63. The third-order valence-corrected chi connectivity index (χ3v) is 5.94. The minimum Gasteiger partial charge on any atom is -0.452 e. The molecule has 2 rings (SSSR count). The molecule has 0 N–H and O–H groups in total. The topological polar surface area (TPSA) is 124 Å². The molecule has 1 fully saturated rings. The second kappa shape index (κ2) is 7.36. The summed E-state index contributed by atoms with van der Waals surface area (Å²) in [7, 11) is -1.72. The molecule has 1 atom stereocenters. The largest absolute Gasteiger partial charge is 0.452 e. The van der Waals surface area contributed by atoms with Gasteiger partial charge >= 0.3 is 5.97 Å². The van der Waals surface area contributed by atoms with E-state index in [-0.39, 0.29) is 27.8 Å². The number of esters is 1. The van der Waals surface area contributed by atoms with Crippen LogP contribution in [0.2, 0.25) is 5.02 Å². The molecule has 1 heterocycles. The van der Waals surface area contributed by atoms with Crippen LogP contribution in [0.5, 0.6) is 0 Å². The highest BCUT2D eigenvalue weighted by molar-refractivity contribution is 7.91. The Morgan fingerprint density at radius 2 is 2.12 bits per heavy atom. The summed E-state index contributed by atoms with van der Waals surface area (Å²) >= 11 is 5.82. The van der Waals surface area contributed by atoms with Crippen LogP contribution in [-0.2, 0) is 19.4 Å². The molecule has 1 aliphatic heterocycles. The summed E-state index contributed by atoms with van der Waals surface area (Å²) in [6.07, 6.45) is 0.329. The van der Waals surface area contributed by atoms with Crippen LogP contribution in [0.15, 0.2) is 18.2 Å². The van der Waals surface area contributed by atoms with Gasteiger partial charge in [0.05, 0.1) is 27.0 Å². The molecular formula is C14H15ClN2O7S. The number of rotatable bonds is 5. The molecule has 1 aromatic rings. The van der Waals surface area contributed by atoms with Crippen molar-refractivity contribution in [2.24, 2.45) is 0 Å². The number of ether oxygens (including phenoxy) is 1. The van der Waals surface area contributed by atoms with Crippen LogP contribution in [0.25, 0.3) is 0 Å². The van der Waals surface area contributed by atoms with Crippen molar-refractivity contribution in [2.75, 3.05) is 25.2 Å². The van der Waals surface area contributed by atoms with E-state index in [4.69, 9.17) is 16.3 Å². The van der Waals surface area contributed by atoms with E-state index in [1.807, 2.05) is 0 Å². The number of nitro benzene ring substituents is 1. The highest BCUT2D eigenvalue weighted by Crippen LogP contribution is 2.23.